The van der Waals surface area contributed by atoms with E-state index in [1.165, 1.54) is 4.90 Å². The molecule has 2 amide bonds. The lowest BCUT2D eigenvalue weighted by Gasteiger charge is -2.30. The molecule has 0 bridgehead atoms. The summed E-state index contributed by atoms with van der Waals surface area (Å²) in [7, 11) is 0. The van der Waals surface area contributed by atoms with Gasteiger partial charge in [0, 0.05) is 19.0 Å². The number of aromatic nitrogens is 2. The molecule has 1 aliphatic rings. The van der Waals surface area contributed by atoms with Crippen LogP contribution in [-0.2, 0) is 23.8 Å². The molecule has 4 atom stereocenters. The third kappa shape index (κ3) is 9.41. The quantitative estimate of drug-likeness (QED) is 0.187. The van der Waals surface area contributed by atoms with Crippen molar-refractivity contribution in [2.24, 2.45) is 5.92 Å². The summed E-state index contributed by atoms with van der Waals surface area (Å²) in [5, 5.41) is 26.4. The van der Waals surface area contributed by atoms with Crippen molar-refractivity contribution in [3.63, 3.8) is 0 Å². The van der Waals surface area contributed by atoms with Gasteiger partial charge in [0.1, 0.15) is 17.7 Å². The molecule has 4 rings (SSSR count). The van der Waals surface area contributed by atoms with Crippen molar-refractivity contribution >= 4 is 23.2 Å². The highest BCUT2D eigenvalue weighted by molar-refractivity contribution is 7.13. The summed E-state index contributed by atoms with van der Waals surface area (Å²) < 4.78 is 22.1. The van der Waals surface area contributed by atoms with Crippen LogP contribution in [0.1, 0.15) is 54.9 Å². The fraction of sp³-hybridized carbons (Fsp3) is 0.562. The van der Waals surface area contributed by atoms with E-state index in [9.17, 15) is 14.7 Å². The highest BCUT2D eigenvalue weighted by Gasteiger charge is 2.43. The second kappa shape index (κ2) is 16.9. The fourth-order valence-electron chi connectivity index (χ4n) is 5.39. The number of carbonyl (C=O) groups is 2. The van der Waals surface area contributed by atoms with Gasteiger partial charge in [0.15, 0.2) is 0 Å². The van der Waals surface area contributed by atoms with E-state index in [1.807, 2.05) is 50.5 Å². The lowest BCUT2D eigenvalue weighted by Crippen LogP contribution is -2.49. The van der Waals surface area contributed by atoms with Crippen LogP contribution in [0.25, 0.3) is 10.4 Å². The smallest absolute Gasteiger partial charge is 0.243 e. The Bertz CT molecular complexity index is 1360. The number of benzene rings is 1. The normalized spacial score (nSPS) is 18.0. The largest absolute Gasteiger partial charge is 0.394 e. The number of carbonyl (C=O) groups excluding carboxylic acids is 2. The predicted molar refractivity (Wildman–Crippen MR) is 168 cm³/mol. The molecule has 1 saturated heterocycles. The SMILES string of the molecule is Cc1cc(C(C(=O)N2C[C@H](O)CC2C(=O)N[C@@H](COCCOCCOCCO)c2ccc(-c3scnc3C)cc2)C(C)C)on1. The number of ether oxygens (including phenoxy) is 3. The number of nitrogens with one attached hydrogen (secondary N) is 1. The number of likely N-dealkylation sites (tertiary alicyclic amines) is 1. The van der Waals surface area contributed by atoms with Crippen molar-refractivity contribution in [3.8, 4) is 10.4 Å². The lowest BCUT2D eigenvalue weighted by molar-refractivity contribution is -0.141. The van der Waals surface area contributed by atoms with Gasteiger partial charge < -0.3 is 39.2 Å². The maximum Gasteiger partial charge on any atom is 0.243 e. The van der Waals surface area contributed by atoms with Crippen LogP contribution in [0.15, 0.2) is 40.4 Å². The van der Waals surface area contributed by atoms with Crippen LogP contribution < -0.4 is 5.32 Å². The summed E-state index contributed by atoms with van der Waals surface area (Å²) in [6.45, 7) is 9.42. The van der Waals surface area contributed by atoms with E-state index in [4.69, 9.17) is 23.8 Å². The van der Waals surface area contributed by atoms with Gasteiger partial charge in [-0.15, -0.1) is 11.3 Å². The summed E-state index contributed by atoms with van der Waals surface area (Å²) >= 11 is 1.57. The summed E-state index contributed by atoms with van der Waals surface area (Å²) in [6, 6.07) is 8.24. The number of thiazole rings is 1. The van der Waals surface area contributed by atoms with Gasteiger partial charge in [0.05, 0.1) is 80.2 Å². The first-order chi connectivity index (χ1) is 21.7. The maximum atomic E-state index is 13.8. The van der Waals surface area contributed by atoms with Crippen molar-refractivity contribution in [1.29, 1.82) is 0 Å². The zero-order chi connectivity index (χ0) is 32.3. The van der Waals surface area contributed by atoms with E-state index >= 15 is 0 Å². The topological polar surface area (TPSA) is 156 Å². The summed E-state index contributed by atoms with van der Waals surface area (Å²) in [6.07, 6.45) is -0.703. The Morgan fingerprint density at radius 2 is 1.78 bits per heavy atom. The number of β-amino-alcohol motifs (C(OH)–C–C–N with tert-alkyl or cyclic N) is 1. The Morgan fingerprint density at radius 1 is 1.09 bits per heavy atom. The molecule has 246 valence electrons. The molecule has 3 N–H and O–H groups in total. The molecular weight excluding hydrogens is 600 g/mol. The monoisotopic (exact) mass is 644 g/mol. The summed E-state index contributed by atoms with van der Waals surface area (Å²) in [4.78, 5) is 34.5. The van der Waals surface area contributed by atoms with Crippen molar-refractivity contribution in [3.05, 3.63) is 58.6 Å². The van der Waals surface area contributed by atoms with E-state index in [-0.39, 0.29) is 50.5 Å². The van der Waals surface area contributed by atoms with Crippen LogP contribution in [0.3, 0.4) is 0 Å². The van der Waals surface area contributed by atoms with Crippen LogP contribution in [0.4, 0.5) is 0 Å². The molecule has 0 radical (unpaired) electrons. The molecule has 3 heterocycles. The van der Waals surface area contributed by atoms with Crippen LogP contribution in [0, 0.1) is 19.8 Å². The van der Waals surface area contributed by atoms with Gasteiger partial charge in [0.25, 0.3) is 0 Å². The van der Waals surface area contributed by atoms with E-state index < -0.39 is 24.1 Å². The highest BCUT2D eigenvalue weighted by Crippen LogP contribution is 2.32. The molecule has 3 aromatic rings. The standard InChI is InChI=1S/C32H44N4O8S/c1-20(2)29(28-15-21(3)35-44-28)32(40)36-17-25(38)16-27(36)31(39)34-26(18-43-14-13-42-12-11-41-10-9-37)23-5-7-24(8-6-23)30-22(4)33-19-45-30/h5-8,15,19-20,25-27,29,37-38H,9-14,16-18H2,1-4H3,(H,34,39)/t25-,26+,27?,29?/m1/s1. The predicted octanol–water partition coefficient (Wildman–Crippen LogP) is 3.02. The Labute approximate surface area is 267 Å². The number of nitrogens with zero attached hydrogens (tertiary/aromatic N) is 3. The summed E-state index contributed by atoms with van der Waals surface area (Å²) in [5.74, 6) is -0.962. The number of amides is 2. The molecule has 2 unspecified atom stereocenters. The molecule has 1 aromatic carbocycles. The number of aliphatic hydroxyl groups is 2. The van der Waals surface area contributed by atoms with Gasteiger partial charge in [-0.25, -0.2) is 4.98 Å². The minimum atomic E-state index is -0.860. The van der Waals surface area contributed by atoms with E-state index in [1.54, 1.807) is 24.3 Å². The first kappa shape index (κ1) is 34.7. The Morgan fingerprint density at radius 3 is 2.38 bits per heavy atom. The van der Waals surface area contributed by atoms with Crippen LogP contribution in [0.2, 0.25) is 0 Å². The van der Waals surface area contributed by atoms with Crippen molar-refractivity contribution in [2.45, 2.75) is 58.2 Å². The third-order valence-corrected chi connectivity index (χ3v) is 8.63. The average Bonchev–Trinajstić information content (AvgIpc) is 3.75. The molecule has 45 heavy (non-hydrogen) atoms. The number of aliphatic hydroxyl groups excluding tert-OH is 2. The van der Waals surface area contributed by atoms with E-state index in [2.05, 4.69) is 15.5 Å². The highest BCUT2D eigenvalue weighted by atomic mass is 32.1. The molecule has 1 fully saturated rings. The Balaban J connectivity index is 1.46. The van der Waals surface area contributed by atoms with Crippen molar-refractivity contribution in [1.82, 2.24) is 20.4 Å². The molecular formula is C32H44N4O8S. The van der Waals surface area contributed by atoms with Gasteiger partial charge in [-0.1, -0.05) is 43.3 Å². The second-order valence-corrected chi connectivity index (χ2v) is 12.3. The van der Waals surface area contributed by atoms with E-state index in [0.717, 1.165) is 21.7 Å². The van der Waals surface area contributed by atoms with Crippen molar-refractivity contribution in [2.75, 3.05) is 52.8 Å². The molecule has 12 nitrogen and oxygen atoms in total. The zero-order valence-corrected chi connectivity index (χ0v) is 27.1. The van der Waals surface area contributed by atoms with Gasteiger partial charge in [-0.3, -0.25) is 9.59 Å². The zero-order valence-electron chi connectivity index (χ0n) is 26.3. The molecule has 2 aromatic heterocycles. The lowest BCUT2D eigenvalue weighted by atomic mass is 9.91. The number of aryl methyl sites for hydroxylation is 2. The van der Waals surface area contributed by atoms with Crippen molar-refractivity contribution < 1.29 is 38.5 Å². The van der Waals surface area contributed by atoms with Crippen LogP contribution >= 0.6 is 11.3 Å². The van der Waals surface area contributed by atoms with Gasteiger partial charge in [0.2, 0.25) is 11.8 Å². The Hall–Kier alpha value is -3.20. The van der Waals surface area contributed by atoms with Crippen LogP contribution in [0.5, 0.6) is 0 Å². The minimum Gasteiger partial charge on any atom is -0.394 e. The molecule has 0 saturated carbocycles. The maximum absolute atomic E-state index is 13.8. The number of rotatable bonds is 17. The summed E-state index contributed by atoms with van der Waals surface area (Å²) in [5.41, 5.74) is 5.29. The fourth-order valence-corrected chi connectivity index (χ4v) is 6.20. The Kier molecular flexibility index (Phi) is 13.0. The second-order valence-electron chi connectivity index (χ2n) is 11.5. The van der Waals surface area contributed by atoms with E-state index in [0.29, 0.717) is 37.9 Å². The van der Waals surface area contributed by atoms with Crippen LogP contribution in [-0.4, -0.2) is 102 Å². The first-order valence-corrected chi connectivity index (χ1v) is 16.1. The van der Waals surface area contributed by atoms with Gasteiger partial charge >= 0.3 is 0 Å². The molecule has 1 aliphatic heterocycles. The van der Waals surface area contributed by atoms with Gasteiger partial charge in [-0.2, -0.15) is 0 Å². The minimum absolute atomic E-state index is 0.0355. The third-order valence-electron chi connectivity index (χ3n) is 7.65. The first-order valence-electron chi connectivity index (χ1n) is 15.3. The molecule has 0 aliphatic carbocycles. The number of hydrogen-bond acceptors (Lipinski definition) is 11. The molecule has 13 heteroatoms. The van der Waals surface area contributed by atoms with Gasteiger partial charge in [-0.05, 0) is 30.9 Å². The molecule has 0 spiro atoms. The average molecular weight is 645 g/mol. The number of hydrogen-bond donors (Lipinski definition) is 3.